The molecular formula is C10H9O. The van der Waals surface area contributed by atoms with Crippen LogP contribution in [0.4, 0.5) is 0 Å². The van der Waals surface area contributed by atoms with Crippen LogP contribution >= 0.6 is 0 Å². The maximum atomic E-state index is 10.5. The maximum Gasteiger partial charge on any atom is 0.152 e. The van der Waals surface area contributed by atoms with Gasteiger partial charge in [-0.3, -0.25) is 4.79 Å². The third-order valence-corrected chi connectivity index (χ3v) is 1.25. The second kappa shape index (κ2) is 3.71. The summed E-state index contributed by atoms with van der Waals surface area (Å²) in [6.45, 7) is 1.53. The minimum absolute atomic E-state index is 0.0674. The molecule has 0 saturated carbocycles. The summed E-state index contributed by atoms with van der Waals surface area (Å²) in [5.74, 6) is 0.0674. The fourth-order valence-corrected chi connectivity index (χ4v) is 0.724. The lowest BCUT2D eigenvalue weighted by Gasteiger charge is -1.87. The Morgan fingerprint density at radius 3 is 2.64 bits per heavy atom. The van der Waals surface area contributed by atoms with Crippen LogP contribution < -0.4 is 0 Å². The number of rotatable bonds is 2. The molecule has 55 valence electrons. The first-order chi connectivity index (χ1) is 5.29. The second-order valence-electron chi connectivity index (χ2n) is 2.28. The number of hydrogen-bond acceptors (Lipinski definition) is 1. The first-order valence-electron chi connectivity index (χ1n) is 3.44. The highest BCUT2D eigenvalue weighted by Crippen LogP contribution is 1.99. The molecule has 0 atom stereocenters. The van der Waals surface area contributed by atoms with Crippen molar-refractivity contribution in [3.63, 3.8) is 0 Å². The van der Waals surface area contributed by atoms with E-state index >= 15 is 0 Å². The Balaban J connectivity index is 2.72. The normalized spacial score (nSPS) is 10.3. The van der Waals surface area contributed by atoms with Gasteiger partial charge in [0.15, 0.2) is 5.78 Å². The molecule has 1 radical (unpaired) electrons. The first-order valence-corrected chi connectivity index (χ1v) is 3.44. The Hall–Kier alpha value is -1.37. The van der Waals surface area contributed by atoms with Gasteiger partial charge in [-0.1, -0.05) is 30.3 Å². The second-order valence-corrected chi connectivity index (χ2v) is 2.28. The molecule has 0 N–H and O–H groups in total. The van der Waals surface area contributed by atoms with Crippen LogP contribution in [0.25, 0.3) is 6.08 Å². The molecule has 1 aromatic rings. The van der Waals surface area contributed by atoms with Crippen LogP contribution in [0.15, 0.2) is 30.3 Å². The largest absolute Gasteiger partial charge is 0.295 e. The predicted octanol–water partition coefficient (Wildman–Crippen LogP) is 2.09. The van der Waals surface area contributed by atoms with Crippen LogP contribution in [0.3, 0.4) is 0 Å². The number of allylic oxidation sites excluding steroid dienone is 1. The molecule has 0 fully saturated rings. The van der Waals surface area contributed by atoms with Crippen molar-refractivity contribution >= 4 is 11.9 Å². The van der Waals surface area contributed by atoms with Crippen molar-refractivity contribution in [2.45, 2.75) is 6.92 Å². The Morgan fingerprint density at radius 1 is 1.45 bits per heavy atom. The SMILES string of the molecule is CC(=O)C=Cc1cc[c]cc1. The van der Waals surface area contributed by atoms with Gasteiger partial charge < -0.3 is 0 Å². The van der Waals surface area contributed by atoms with Crippen LogP contribution in [0, 0.1) is 6.07 Å². The van der Waals surface area contributed by atoms with Gasteiger partial charge in [-0.2, -0.15) is 0 Å². The van der Waals surface area contributed by atoms with E-state index in [2.05, 4.69) is 6.07 Å². The topological polar surface area (TPSA) is 17.1 Å². The molecule has 1 heteroatoms. The van der Waals surface area contributed by atoms with E-state index in [1.54, 1.807) is 12.2 Å². The van der Waals surface area contributed by atoms with Crippen LogP contribution in [0.1, 0.15) is 12.5 Å². The standard InChI is InChI=1S/C10H9O/c1-9(11)7-8-10-5-3-2-4-6-10/h3-8H,1H3. The first kappa shape index (κ1) is 7.73. The lowest BCUT2D eigenvalue weighted by atomic mass is 10.2. The summed E-state index contributed by atoms with van der Waals surface area (Å²) in [6, 6.07) is 10.3. The third kappa shape index (κ3) is 2.80. The van der Waals surface area contributed by atoms with Crippen LogP contribution in [0.2, 0.25) is 0 Å². The smallest absolute Gasteiger partial charge is 0.152 e. The van der Waals surface area contributed by atoms with Crippen molar-refractivity contribution in [1.82, 2.24) is 0 Å². The van der Waals surface area contributed by atoms with Gasteiger partial charge in [-0.15, -0.1) is 0 Å². The Labute approximate surface area is 66.4 Å². The van der Waals surface area contributed by atoms with E-state index < -0.39 is 0 Å². The van der Waals surface area contributed by atoms with E-state index in [1.165, 1.54) is 6.92 Å². The summed E-state index contributed by atoms with van der Waals surface area (Å²) in [4.78, 5) is 10.5. The Morgan fingerprint density at radius 2 is 2.09 bits per heavy atom. The van der Waals surface area contributed by atoms with Gasteiger partial charge in [-0.25, -0.2) is 0 Å². The van der Waals surface area contributed by atoms with Gasteiger partial charge in [0.25, 0.3) is 0 Å². The van der Waals surface area contributed by atoms with Gasteiger partial charge in [0.1, 0.15) is 0 Å². The molecule has 1 rings (SSSR count). The van der Waals surface area contributed by atoms with Crippen molar-refractivity contribution in [3.05, 3.63) is 42.0 Å². The summed E-state index contributed by atoms with van der Waals surface area (Å²) in [7, 11) is 0. The molecule has 0 aliphatic heterocycles. The van der Waals surface area contributed by atoms with E-state index in [0.717, 1.165) is 5.56 Å². The molecular weight excluding hydrogens is 136 g/mol. The van der Waals surface area contributed by atoms with Gasteiger partial charge >= 0.3 is 0 Å². The minimum Gasteiger partial charge on any atom is -0.295 e. The molecule has 0 aromatic heterocycles. The van der Waals surface area contributed by atoms with Crippen molar-refractivity contribution in [1.29, 1.82) is 0 Å². The fourth-order valence-electron chi connectivity index (χ4n) is 0.724. The summed E-state index contributed by atoms with van der Waals surface area (Å²) < 4.78 is 0. The van der Waals surface area contributed by atoms with E-state index in [-0.39, 0.29) is 5.78 Å². The van der Waals surface area contributed by atoms with Crippen molar-refractivity contribution in [3.8, 4) is 0 Å². The molecule has 1 aromatic carbocycles. The molecule has 0 aliphatic rings. The van der Waals surface area contributed by atoms with E-state index in [0.29, 0.717) is 0 Å². The van der Waals surface area contributed by atoms with E-state index in [9.17, 15) is 4.79 Å². The van der Waals surface area contributed by atoms with Crippen molar-refractivity contribution < 1.29 is 4.79 Å². The molecule has 1 nitrogen and oxygen atoms in total. The number of carbonyl (C=O) groups excluding carboxylic acids is 1. The number of benzene rings is 1. The van der Waals surface area contributed by atoms with Crippen LogP contribution in [0.5, 0.6) is 0 Å². The zero-order valence-corrected chi connectivity index (χ0v) is 6.37. The predicted molar refractivity (Wildman–Crippen MR) is 45.0 cm³/mol. The summed E-state index contributed by atoms with van der Waals surface area (Å²) in [6.07, 6.45) is 3.34. The fraction of sp³-hybridized carbons (Fsp3) is 0.100. The summed E-state index contributed by atoms with van der Waals surface area (Å²) in [5, 5.41) is 0. The van der Waals surface area contributed by atoms with E-state index in [1.807, 2.05) is 24.3 Å². The zero-order chi connectivity index (χ0) is 8.10. The number of hydrogen-bond donors (Lipinski definition) is 0. The molecule has 0 amide bonds. The van der Waals surface area contributed by atoms with Gasteiger partial charge in [0.2, 0.25) is 0 Å². The highest BCUT2D eigenvalue weighted by molar-refractivity contribution is 5.91. The van der Waals surface area contributed by atoms with Gasteiger partial charge in [0.05, 0.1) is 0 Å². The number of carbonyl (C=O) groups is 1. The zero-order valence-electron chi connectivity index (χ0n) is 6.37. The highest BCUT2D eigenvalue weighted by Gasteiger charge is 1.84. The van der Waals surface area contributed by atoms with E-state index in [4.69, 9.17) is 0 Å². The maximum absolute atomic E-state index is 10.5. The number of ketones is 1. The average Bonchev–Trinajstić information content (AvgIpc) is 2.03. The third-order valence-electron chi connectivity index (χ3n) is 1.25. The van der Waals surface area contributed by atoms with Crippen LogP contribution in [-0.2, 0) is 4.79 Å². The van der Waals surface area contributed by atoms with Crippen LogP contribution in [-0.4, -0.2) is 5.78 Å². The van der Waals surface area contributed by atoms with Gasteiger partial charge in [0, 0.05) is 0 Å². The summed E-state index contributed by atoms with van der Waals surface area (Å²) >= 11 is 0. The molecule has 0 aliphatic carbocycles. The van der Waals surface area contributed by atoms with Crippen molar-refractivity contribution in [2.75, 3.05) is 0 Å². The molecule has 0 heterocycles. The highest BCUT2D eigenvalue weighted by atomic mass is 16.1. The lowest BCUT2D eigenvalue weighted by molar-refractivity contribution is -0.112. The molecule has 0 unspecified atom stereocenters. The van der Waals surface area contributed by atoms with Crippen molar-refractivity contribution in [2.24, 2.45) is 0 Å². The molecule has 0 saturated heterocycles. The monoisotopic (exact) mass is 145 g/mol. The molecule has 0 spiro atoms. The Kier molecular flexibility index (Phi) is 2.61. The van der Waals surface area contributed by atoms with Gasteiger partial charge in [-0.05, 0) is 24.6 Å². The lowest BCUT2D eigenvalue weighted by Crippen LogP contribution is -1.79. The molecule has 11 heavy (non-hydrogen) atoms. The summed E-state index contributed by atoms with van der Waals surface area (Å²) in [5.41, 5.74) is 1.03. The minimum atomic E-state index is 0.0674. The molecule has 0 bridgehead atoms. The quantitative estimate of drug-likeness (QED) is 0.582. The Bertz CT molecular complexity index is 259. The average molecular weight is 145 g/mol.